The van der Waals surface area contributed by atoms with E-state index in [-0.39, 0.29) is 24.5 Å². The molecule has 0 aliphatic carbocycles. The molecule has 0 aromatic rings. The topological polar surface area (TPSA) is 214 Å². The van der Waals surface area contributed by atoms with E-state index in [9.17, 15) is 34.2 Å². The third kappa shape index (κ3) is 9.98. The lowest BCUT2D eigenvalue weighted by atomic mass is 9.98. The number of aliphatic carboxylic acids is 1. The summed E-state index contributed by atoms with van der Waals surface area (Å²) in [6.07, 6.45) is -1.11. The molecular formula is C18H33N5O7S. The third-order valence-electron chi connectivity index (χ3n) is 4.73. The van der Waals surface area contributed by atoms with E-state index >= 15 is 0 Å². The highest BCUT2D eigenvalue weighted by atomic mass is 32.1. The van der Waals surface area contributed by atoms with Crippen LogP contribution in [-0.2, 0) is 24.0 Å². The monoisotopic (exact) mass is 463 g/mol. The van der Waals surface area contributed by atoms with Crippen molar-refractivity contribution in [3.05, 3.63) is 0 Å². The fourth-order valence-electron chi connectivity index (χ4n) is 2.45. The van der Waals surface area contributed by atoms with Crippen molar-refractivity contribution >= 4 is 42.2 Å². The molecule has 0 saturated carbocycles. The number of aliphatic hydroxyl groups excluding tert-OH is 1. The zero-order valence-corrected chi connectivity index (χ0v) is 18.7. The van der Waals surface area contributed by atoms with Crippen LogP contribution >= 0.6 is 12.6 Å². The molecule has 9 N–H and O–H groups in total. The quantitative estimate of drug-likeness (QED) is 0.128. The third-order valence-corrected chi connectivity index (χ3v) is 5.09. The van der Waals surface area contributed by atoms with E-state index < -0.39 is 59.9 Å². The molecule has 0 spiro atoms. The molecule has 0 aromatic carbocycles. The number of nitrogens with two attached hydrogens (primary N) is 2. The van der Waals surface area contributed by atoms with Crippen LogP contribution in [0.1, 0.15) is 40.0 Å². The summed E-state index contributed by atoms with van der Waals surface area (Å²) in [4.78, 5) is 59.9. The van der Waals surface area contributed by atoms with Crippen LogP contribution in [0.2, 0.25) is 0 Å². The number of hydrogen-bond donors (Lipinski definition) is 8. The van der Waals surface area contributed by atoms with Crippen molar-refractivity contribution in [1.29, 1.82) is 0 Å². The van der Waals surface area contributed by atoms with E-state index in [1.54, 1.807) is 13.8 Å². The average molecular weight is 464 g/mol. The van der Waals surface area contributed by atoms with Gasteiger partial charge in [0, 0.05) is 12.2 Å². The predicted octanol–water partition coefficient (Wildman–Crippen LogP) is -2.53. The Morgan fingerprint density at radius 2 is 1.48 bits per heavy atom. The Bertz CT molecular complexity index is 661. The first kappa shape index (κ1) is 28.6. The molecule has 6 unspecified atom stereocenters. The number of aliphatic hydroxyl groups is 1. The largest absolute Gasteiger partial charge is 0.480 e. The Morgan fingerprint density at radius 1 is 0.968 bits per heavy atom. The molecule has 0 heterocycles. The van der Waals surface area contributed by atoms with Crippen molar-refractivity contribution < 1.29 is 34.2 Å². The number of thiol groups is 1. The predicted molar refractivity (Wildman–Crippen MR) is 115 cm³/mol. The van der Waals surface area contributed by atoms with Gasteiger partial charge in [0.1, 0.15) is 24.2 Å². The molecule has 0 bridgehead atoms. The van der Waals surface area contributed by atoms with Gasteiger partial charge in [0.2, 0.25) is 23.6 Å². The minimum absolute atomic E-state index is 0.154. The first-order valence-corrected chi connectivity index (χ1v) is 10.5. The van der Waals surface area contributed by atoms with Crippen LogP contribution in [0.4, 0.5) is 0 Å². The molecule has 0 rings (SSSR count). The first-order valence-electron chi connectivity index (χ1n) is 9.82. The maximum absolute atomic E-state index is 12.7. The number of carboxylic acid groups (broad SMARTS) is 1. The Morgan fingerprint density at radius 3 is 1.90 bits per heavy atom. The van der Waals surface area contributed by atoms with E-state index in [2.05, 4.69) is 28.6 Å². The molecule has 0 aromatic heterocycles. The number of amides is 4. The Balaban J connectivity index is 5.40. The smallest absolute Gasteiger partial charge is 0.326 e. The minimum Gasteiger partial charge on any atom is -0.480 e. The van der Waals surface area contributed by atoms with Crippen molar-refractivity contribution in [2.75, 3.05) is 5.75 Å². The lowest BCUT2D eigenvalue weighted by Gasteiger charge is -2.26. The second-order valence-electron chi connectivity index (χ2n) is 7.29. The lowest BCUT2D eigenvalue weighted by molar-refractivity contribution is -0.144. The molecule has 4 amide bonds. The van der Waals surface area contributed by atoms with E-state index in [4.69, 9.17) is 11.5 Å². The second-order valence-corrected chi connectivity index (χ2v) is 7.65. The van der Waals surface area contributed by atoms with E-state index in [0.29, 0.717) is 6.42 Å². The summed E-state index contributed by atoms with van der Waals surface area (Å²) in [5, 5.41) is 25.8. The Hall–Kier alpha value is -2.38. The summed E-state index contributed by atoms with van der Waals surface area (Å²) in [5.74, 6) is -4.92. The summed E-state index contributed by atoms with van der Waals surface area (Å²) in [6.45, 7) is 4.71. The summed E-state index contributed by atoms with van der Waals surface area (Å²) >= 11 is 4.00. The van der Waals surface area contributed by atoms with Gasteiger partial charge in [0.15, 0.2) is 0 Å². The van der Waals surface area contributed by atoms with Gasteiger partial charge in [-0.2, -0.15) is 12.6 Å². The van der Waals surface area contributed by atoms with Gasteiger partial charge in [-0.3, -0.25) is 19.2 Å². The number of primary amides is 1. The molecule has 31 heavy (non-hydrogen) atoms. The minimum atomic E-state index is -1.28. The molecule has 12 nitrogen and oxygen atoms in total. The number of carboxylic acids is 1. The van der Waals surface area contributed by atoms with E-state index in [1.165, 1.54) is 6.92 Å². The second kappa shape index (κ2) is 13.8. The van der Waals surface area contributed by atoms with Crippen molar-refractivity contribution in [2.24, 2.45) is 17.4 Å². The maximum Gasteiger partial charge on any atom is 0.326 e. The summed E-state index contributed by atoms with van der Waals surface area (Å²) in [7, 11) is 0. The SMILES string of the molecule is CCC(C)C(NC(=O)C(CCC(N)=O)NC(=O)C(CS)NC(=O)C(N)C(C)O)C(=O)O. The molecule has 13 heteroatoms. The van der Waals surface area contributed by atoms with Crippen LogP contribution in [0, 0.1) is 5.92 Å². The Labute approximate surface area is 186 Å². The molecule has 0 fully saturated rings. The summed E-state index contributed by atoms with van der Waals surface area (Å²) in [6, 6.07) is -4.96. The normalized spacial score (nSPS) is 16.7. The van der Waals surface area contributed by atoms with Crippen molar-refractivity contribution in [1.82, 2.24) is 16.0 Å². The number of carbonyl (C=O) groups excluding carboxylic acids is 4. The highest BCUT2D eigenvalue weighted by Crippen LogP contribution is 2.09. The fourth-order valence-corrected chi connectivity index (χ4v) is 2.70. The lowest BCUT2D eigenvalue weighted by Crippen LogP contribution is -2.59. The van der Waals surface area contributed by atoms with Gasteiger partial charge < -0.3 is 37.6 Å². The van der Waals surface area contributed by atoms with Gasteiger partial charge in [-0.05, 0) is 19.3 Å². The fraction of sp³-hybridized carbons (Fsp3) is 0.722. The summed E-state index contributed by atoms with van der Waals surface area (Å²) < 4.78 is 0. The molecule has 0 aliphatic heterocycles. The average Bonchev–Trinajstić information content (AvgIpc) is 2.70. The molecule has 0 radical (unpaired) electrons. The first-order chi connectivity index (χ1) is 14.3. The number of carbonyl (C=O) groups is 5. The van der Waals surface area contributed by atoms with Crippen LogP contribution < -0.4 is 27.4 Å². The van der Waals surface area contributed by atoms with Crippen LogP contribution in [0.3, 0.4) is 0 Å². The summed E-state index contributed by atoms with van der Waals surface area (Å²) in [5.41, 5.74) is 10.6. The van der Waals surface area contributed by atoms with Gasteiger partial charge in [-0.15, -0.1) is 0 Å². The van der Waals surface area contributed by atoms with Gasteiger partial charge >= 0.3 is 5.97 Å². The van der Waals surface area contributed by atoms with Gasteiger partial charge in [0.05, 0.1) is 6.10 Å². The molecular weight excluding hydrogens is 430 g/mol. The van der Waals surface area contributed by atoms with Crippen molar-refractivity contribution in [3.8, 4) is 0 Å². The zero-order valence-electron chi connectivity index (χ0n) is 17.8. The van der Waals surface area contributed by atoms with Crippen LogP contribution in [0.25, 0.3) is 0 Å². The van der Waals surface area contributed by atoms with Crippen molar-refractivity contribution in [3.63, 3.8) is 0 Å². The standard InChI is InChI=1S/C18H33N5O7S/c1-4-8(2)14(18(29)30)23-15(26)10(5-6-12(19)25)21-16(27)11(7-31)22-17(28)13(20)9(3)24/h8-11,13-14,24,31H,4-7,20H2,1-3H3,(H2,19,25)(H,21,27)(H,22,28)(H,23,26)(H,29,30). The van der Waals surface area contributed by atoms with Crippen molar-refractivity contribution in [2.45, 2.75) is 70.3 Å². The Kier molecular flexibility index (Phi) is 12.8. The highest BCUT2D eigenvalue weighted by molar-refractivity contribution is 7.80. The van der Waals surface area contributed by atoms with E-state index in [0.717, 1.165) is 0 Å². The van der Waals surface area contributed by atoms with Crippen LogP contribution in [0.5, 0.6) is 0 Å². The molecule has 0 aliphatic rings. The number of rotatable bonds is 14. The molecule has 178 valence electrons. The van der Waals surface area contributed by atoms with Gasteiger partial charge in [-0.25, -0.2) is 4.79 Å². The maximum atomic E-state index is 12.7. The number of hydrogen-bond acceptors (Lipinski definition) is 8. The van der Waals surface area contributed by atoms with Gasteiger partial charge in [0.25, 0.3) is 0 Å². The highest BCUT2D eigenvalue weighted by Gasteiger charge is 2.32. The zero-order chi connectivity index (χ0) is 24.3. The molecule has 0 saturated heterocycles. The van der Waals surface area contributed by atoms with Crippen LogP contribution in [0.15, 0.2) is 0 Å². The van der Waals surface area contributed by atoms with Gasteiger partial charge in [-0.1, -0.05) is 20.3 Å². The molecule has 6 atom stereocenters. The van der Waals surface area contributed by atoms with Crippen LogP contribution in [-0.4, -0.2) is 75.8 Å². The van der Waals surface area contributed by atoms with E-state index in [1.807, 2.05) is 0 Å². The number of nitrogens with one attached hydrogen (secondary N) is 3.